The third kappa shape index (κ3) is 10.7. The van der Waals surface area contributed by atoms with Gasteiger partial charge in [0.1, 0.15) is 0 Å². The molecular formula is C34H48N6O6S2. The Morgan fingerprint density at radius 3 is 1.77 bits per heavy atom. The van der Waals surface area contributed by atoms with Crippen molar-refractivity contribution in [3.8, 4) is 0 Å². The van der Waals surface area contributed by atoms with E-state index in [1.54, 1.807) is 65.8 Å². The molecule has 0 spiro atoms. The maximum absolute atomic E-state index is 13.4. The molecule has 0 aliphatic rings. The van der Waals surface area contributed by atoms with Crippen molar-refractivity contribution in [2.45, 2.75) is 60.3 Å². The topological polar surface area (TPSA) is 166 Å². The summed E-state index contributed by atoms with van der Waals surface area (Å²) in [4.78, 5) is 28.5. The molecule has 3 aromatic carbocycles. The molecule has 262 valence electrons. The molecule has 0 heterocycles. The minimum Gasteiger partial charge on any atom is -0.370 e. The largest absolute Gasteiger partial charge is 0.370 e. The molecule has 3 rings (SSSR count). The first-order valence-electron chi connectivity index (χ1n) is 15.6. The molecule has 0 fully saturated rings. The van der Waals surface area contributed by atoms with Gasteiger partial charge in [-0.15, -0.1) is 0 Å². The second-order valence-corrected chi connectivity index (χ2v) is 17.2. The third-order valence-electron chi connectivity index (χ3n) is 7.29. The Morgan fingerprint density at radius 1 is 0.729 bits per heavy atom. The average Bonchev–Trinajstić information content (AvgIpc) is 2.97. The molecule has 14 heteroatoms. The van der Waals surface area contributed by atoms with E-state index in [1.165, 1.54) is 18.2 Å². The van der Waals surface area contributed by atoms with Crippen LogP contribution in [0.3, 0.4) is 0 Å². The summed E-state index contributed by atoms with van der Waals surface area (Å²) in [7, 11) is -7.38. The van der Waals surface area contributed by atoms with Gasteiger partial charge in [0.25, 0.3) is 10.0 Å². The monoisotopic (exact) mass is 700 g/mol. The lowest BCUT2D eigenvalue weighted by atomic mass is 9.95. The summed E-state index contributed by atoms with van der Waals surface area (Å²) in [5.74, 6) is -0.645. The van der Waals surface area contributed by atoms with Crippen LogP contribution in [0.1, 0.15) is 54.0 Å². The molecule has 0 atom stereocenters. The summed E-state index contributed by atoms with van der Waals surface area (Å²) in [6, 6.07) is 16.7. The predicted molar refractivity (Wildman–Crippen MR) is 195 cm³/mol. The first-order valence-corrected chi connectivity index (χ1v) is 18.9. The van der Waals surface area contributed by atoms with E-state index in [-0.39, 0.29) is 34.6 Å². The quantitative estimate of drug-likeness (QED) is 0.147. The summed E-state index contributed by atoms with van der Waals surface area (Å²) in [5, 5.41) is 9.16. The molecule has 0 saturated carbocycles. The average molecular weight is 701 g/mol. The lowest BCUT2D eigenvalue weighted by Gasteiger charge is -2.26. The van der Waals surface area contributed by atoms with E-state index in [2.05, 4.69) is 25.4 Å². The number of carbonyl (C=O) groups excluding carboxylic acids is 2. The van der Waals surface area contributed by atoms with Crippen molar-refractivity contribution in [1.29, 1.82) is 0 Å². The van der Waals surface area contributed by atoms with Crippen LogP contribution in [0.2, 0.25) is 0 Å². The normalized spacial score (nSPS) is 12.3. The number of nitrogens with one attached hydrogen (secondary N) is 5. The van der Waals surface area contributed by atoms with Crippen LogP contribution in [0.4, 0.5) is 34.1 Å². The predicted octanol–water partition coefficient (Wildman–Crippen LogP) is 5.88. The molecule has 0 aromatic heterocycles. The van der Waals surface area contributed by atoms with Crippen molar-refractivity contribution < 1.29 is 26.4 Å². The SMILES string of the molecule is CCN(CCNS(C)(=O)=O)c1ccc(Nc2cc(NC(=O)C(C)(C)C)c(NS(=O)(=O)c3ccccc3)cc2NC(=O)C(C)(C)C)c(C)c1. The van der Waals surface area contributed by atoms with Crippen LogP contribution in [0, 0.1) is 17.8 Å². The standard InChI is InChI=1S/C34H48N6O6S2/c1-10-40(19-18-35-47(9,43)44)24-16-17-26(23(2)20-24)36-27-21-29(38-32(42)34(6,7)8)30(22-28(27)37-31(41)33(3,4)5)39-48(45,46)25-14-12-11-13-15-25/h11-17,20-22,35-36,39H,10,18-19H2,1-9H3,(H,37,41)(H,38,42). The van der Waals surface area contributed by atoms with Crippen molar-refractivity contribution >= 4 is 66.0 Å². The number of hydrogen-bond donors (Lipinski definition) is 5. The maximum Gasteiger partial charge on any atom is 0.261 e. The molecule has 5 N–H and O–H groups in total. The van der Waals surface area contributed by atoms with Crippen LogP contribution in [0.15, 0.2) is 65.6 Å². The number of amides is 2. The Hall–Kier alpha value is -4.14. The van der Waals surface area contributed by atoms with Gasteiger partial charge < -0.3 is 20.9 Å². The van der Waals surface area contributed by atoms with Gasteiger partial charge in [-0.2, -0.15) is 0 Å². The van der Waals surface area contributed by atoms with Crippen LogP contribution >= 0.6 is 0 Å². The summed E-state index contributed by atoms with van der Waals surface area (Å²) in [6.45, 7) is 15.8. The minimum atomic E-state index is -4.07. The molecule has 0 saturated heterocycles. The van der Waals surface area contributed by atoms with Gasteiger partial charge in [0.05, 0.1) is 33.9 Å². The van der Waals surface area contributed by atoms with E-state index >= 15 is 0 Å². The van der Waals surface area contributed by atoms with E-state index in [0.29, 0.717) is 30.2 Å². The zero-order chi connectivity index (χ0) is 36.1. The first-order chi connectivity index (χ1) is 22.1. The highest BCUT2D eigenvalue weighted by atomic mass is 32.2. The van der Waals surface area contributed by atoms with Gasteiger partial charge in [-0.1, -0.05) is 59.7 Å². The molecule has 2 amide bonds. The lowest BCUT2D eigenvalue weighted by Crippen LogP contribution is -2.34. The number of likely N-dealkylation sites (N-methyl/N-ethyl adjacent to an activating group) is 1. The molecule has 0 aliphatic heterocycles. The molecule has 0 unspecified atom stereocenters. The van der Waals surface area contributed by atoms with E-state index in [9.17, 15) is 26.4 Å². The van der Waals surface area contributed by atoms with Gasteiger partial charge in [0.15, 0.2) is 0 Å². The van der Waals surface area contributed by atoms with Gasteiger partial charge in [-0.05, 0) is 61.9 Å². The van der Waals surface area contributed by atoms with Gasteiger partial charge >= 0.3 is 0 Å². The van der Waals surface area contributed by atoms with E-state index < -0.39 is 30.9 Å². The van der Waals surface area contributed by atoms with Crippen molar-refractivity contribution in [3.63, 3.8) is 0 Å². The second kappa shape index (κ2) is 15.0. The zero-order valence-electron chi connectivity index (χ0n) is 29.1. The third-order valence-corrected chi connectivity index (χ3v) is 9.40. The van der Waals surface area contributed by atoms with Gasteiger partial charge in [-0.3, -0.25) is 14.3 Å². The maximum atomic E-state index is 13.4. The minimum absolute atomic E-state index is 0.0320. The van der Waals surface area contributed by atoms with E-state index in [0.717, 1.165) is 17.5 Å². The molecule has 0 aliphatic carbocycles. The van der Waals surface area contributed by atoms with Crippen LogP contribution in [0.25, 0.3) is 0 Å². The number of anilines is 6. The van der Waals surface area contributed by atoms with Crippen LogP contribution in [-0.4, -0.2) is 54.5 Å². The van der Waals surface area contributed by atoms with Gasteiger partial charge in [0.2, 0.25) is 21.8 Å². The molecule has 48 heavy (non-hydrogen) atoms. The number of nitrogens with zero attached hydrogens (tertiary/aromatic N) is 1. The fourth-order valence-corrected chi connectivity index (χ4v) is 5.94. The highest BCUT2D eigenvalue weighted by molar-refractivity contribution is 7.92. The molecular weight excluding hydrogens is 653 g/mol. The summed E-state index contributed by atoms with van der Waals surface area (Å²) >= 11 is 0. The highest BCUT2D eigenvalue weighted by Crippen LogP contribution is 2.39. The number of sulfonamides is 2. The highest BCUT2D eigenvalue weighted by Gasteiger charge is 2.27. The number of rotatable bonds is 13. The Balaban J connectivity index is 2.11. The summed E-state index contributed by atoms with van der Waals surface area (Å²) < 4.78 is 55.0. The molecule has 0 radical (unpaired) electrons. The van der Waals surface area contributed by atoms with Crippen molar-refractivity contribution in [2.75, 3.05) is 51.5 Å². The van der Waals surface area contributed by atoms with Crippen molar-refractivity contribution in [3.05, 3.63) is 66.2 Å². The van der Waals surface area contributed by atoms with Crippen molar-refractivity contribution in [1.82, 2.24) is 4.72 Å². The number of aryl methyl sites for hydroxylation is 1. The van der Waals surface area contributed by atoms with Crippen LogP contribution < -0.4 is 30.3 Å². The fourth-order valence-electron chi connectivity index (χ4n) is 4.38. The summed E-state index contributed by atoms with van der Waals surface area (Å²) in [6.07, 6.45) is 1.12. The number of benzene rings is 3. The summed E-state index contributed by atoms with van der Waals surface area (Å²) in [5.41, 5.74) is 1.84. The second-order valence-electron chi connectivity index (χ2n) is 13.6. The lowest BCUT2D eigenvalue weighted by molar-refractivity contribution is -0.123. The van der Waals surface area contributed by atoms with E-state index in [1.807, 2.05) is 36.9 Å². The molecule has 0 bridgehead atoms. The van der Waals surface area contributed by atoms with Crippen LogP contribution in [0.5, 0.6) is 0 Å². The van der Waals surface area contributed by atoms with Gasteiger partial charge in [-0.25, -0.2) is 21.6 Å². The smallest absolute Gasteiger partial charge is 0.261 e. The molecule has 3 aromatic rings. The van der Waals surface area contributed by atoms with Crippen molar-refractivity contribution in [2.24, 2.45) is 10.8 Å². The first kappa shape index (κ1) is 38.3. The zero-order valence-corrected chi connectivity index (χ0v) is 30.7. The fraction of sp³-hybridized carbons (Fsp3) is 0.412. The Kier molecular flexibility index (Phi) is 11.9. The Bertz CT molecular complexity index is 1850. The Morgan fingerprint density at radius 2 is 1.27 bits per heavy atom. The van der Waals surface area contributed by atoms with Gasteiger partial charge in [0, 0.05) is 41.8 Å². The van der Waals surface area contributed by atoms with Crippen LogP contribution in [-0.2, 0) is 29.6 Å². The number of carbonyl (C=O) groups is 2. The molecule has 12 nitrogen and oxygen atoms in total. The number of hydrogen-bond acceptors (Lipinski definition) is 8. The Labute approximate surface area is 285 Å². The van der Waals surface area contributed by atoms with E-state index in [4.69, 9.17) is 0 Å².